The molecule has 1 N–H and O–H groups in total. The second-order valence-corrected chi connectivity index (χ2v) is 5.42. The monoisotopic (exact) mass is 330 g/mol. The minimum atomic E-state index is -0.634. The molecule has 0 bridgehead atoms. The van der Waals surface area contributed by atoms with Crippen LogP contribution >= 0.6 is 23.2 Å². The summed E-state index contributed by atoms with van der Waals surface area (Å²) in [7, 11) is 0. The van der Waals surface area contributed by atoms with Crippen molar-refractivity contribution < 1.29 is 8.78 Å². The fourth-order valence-corrected chi connectivity index (χ4v) is 2.51. The van der Waals surface area contributed by atoms with Crippen LogP contribution in [0.3, 0.4) is 0 Å². The number of halogens is 4. The minimum absolute atomic E-state index is 0.167. The largest absolute Gasteiger partial charge is 0.305 e. The number of nitrogens with one attached hydrogen (secondary N) is 1. The smallest absolute Gasteiger partial charge is 0.128 e. The Hall–Kier alpha value is -1.23. The Morgan fingerprint density at radius 1 is 1.24 bits per heavy atom. The molecule has 0 amide bonds. The molecule has 1 aromatic heterocycles. The molecule has 21 heavy (non-hydrogen) atoms. The van der Waals surface area contributed by atoms with Crippen molar-refractivity contribution in [3.05, 3.63) is 63.4 Å². The van der Waals surface area contributed by atoms with Crippen LogP contribution in [-0.4, -0.2) is 11.5 Å². The van der Waals surface area contributed by atoms with Gasteiger partial charge in [0, 0.05) is 11.8 Å². The van der Waals surface area contributed by atoms with E-state index >= 15 is 0 Å². The molecule has 0 aliphatic rings. The summed E-state index contributed by atoms with van der Waals surface area (Å²) in [5.41, 5.74) is 0.583. The van der Waals surface area contributed by atoms with Gasteiger partial charge in [0.05, 0.1) is 21.8 Å². The van der Waals surface area contributed by atoms with Gasteiger partial charge in [0.2, 0.25) is 0 Å². The molecule has 1 atom stereocenters. The van der Waals surface area contributed by atoms with E-state index in [0.717, 1.165) is 24.6 Å². The normalized spacial score (nSPS) is 12.4. The first-order valence-electron chi connectivity index (χ1n) is 6.52. The van der Waals surface area contributed by atoms with Gasteiger partial charge in [-0.25, -0.2) is 8.78 Å². The summed E-state index contributed by atoms with van der Waals surface area (Å²) in [4.78, 5) is 4.16. The van der Waals surface area contributed by atoms with E-state index < -0.39 is 17.7 Å². The Balaban J connectivity index is 2.49. The van der Waals surface area contributed by atoms with Crippen molar-refractivity contribution in [2.45, 2.75) is 19.4 Å². The third-order valence-electron chi connectivity index (χ3n) is 2.98. The van der Waals surface area contributed by atoms with Gasteiger partial charge < -0.3 is 5.32 Å². The Morgan fingerprint density at radius 2 is 2.00 bits per heavy atom. The van der Waals surface area contributed by atoms with Gasteiger partial charge in [0.15, 0.2) is 0 Å². The van der Waals surface area contributed by atoms with Crippen LogP contribution in [0.2, 0.25) is 10.0 Å². The Bertz CT molecular complexity index is 635. The summed E-state index contributed by atoms with van der Waals surface area (Å²) >= 11 is 12.0. The lowest BCUT2D eigenvalue weighted by Crippen LogP contribution is -2.25. The standard InChI is InChI=1S/C15H14Cl2F2N2/c1-2-5-20-14(11-7-10(18)3-4-13(11)19)15-12(17)6-9(16)8-21-15/h3-4,6-8,14,20H,2,5H2,1H3. The van der Waals surface area contributed by atoms with Crippen LogP contribution in [0.5, 0.6) is 0 Å². The third-order valence-corrected chi connectivity index (χ3v) is 3.49. The van der Waals surface area contributed by atoms with E-state index in [1.54, 1.807) is 0 Å². The summed E-state index contributed by atoms with van der Waals surface area (Å²) in [5.74, 6) is -1.03. The van der Waals surface area contributed by atoms with Gasteiger partial charge in [-0.3, -0.25) is 4.98 Å². The molecular formula is C15H14Cl2F2N2. The molecule has 0 spiro atoms. The lowest BCUT2D eigenvalue weighted by atomic mass is 10.0. The highest BCUT2D eigenvalue weighted by molar-refractivity contribution is 6.34. The molecule has 0 saturated carbocycles. The summed E-state index contributed by atoms with van der Waals surface area (Å²) < 4.78 is 27.5. The lowest BCUT2D eigenvalue weighted by molar-refractivity contribution is 0.529. The van der Waals surface area contributed by atoms with Crippen molar-refractivity contribution in [1.29, 1.82) is 0 Å². The zero-order chi connectivity index (χ0) is 15.4. The highest BCUT2D eigenvalue weighted by atomic mass is 35.5. The fourth-order valence-electron chi connectivity index (χ4n) is 2.02. The minimum Gasteiger partial charge on any atom is -0.305 e. The highest BCUT2D eigenvalue weighted by Crippen LogP contribution is 2.30. The molecule has 2 aromatic rings. The Labute approximate surface area is 132 Å². The molecule has 2 rings (SSSR count). The lowest BCUT2D eigenvalue weighted by Gasteiger charge is -2.20. The SMILES string of the molecule is CCCNC(c1cc(F)ccc1F)c1ncc(Cl)cc1Cl. The second kappa shape index (κ2) is 7.16. The average molecular weight is 331 g/mol. The number of rotatable bonds is 5. The molecule has 1 heterocycles. The van der Waals surface area contributed by atoms with Gasteiger partial charge in [0.25, 0.3) is 0 Å². The highest BCUT2D eigenvalue weighted by Gasteiger charge is 2.22. The van der Waals surface area contributed by atoms with Crippen LogP contribution < -0.4 is 5.32 Å². The van der Waals surface area contributed by atoms with Crippen molar-refractivity contribution in [2.75, 3.05) is 6.54 Å². The maximum atomic E-state index is 14.0. The average Bonchev–Trinajstić information content (AvgIpc) is 2.44. The van der Waals surface area contributed by atoms with Crippen molar-refractivity contribution in [3.63, 3.8) is 0 Å². The summed E-state index contributed by atoms with van der Waals surface area (Å²) in [6, 6.07) is 4.21. The summed E-state index contributed by atoms with van der Waals surface area (Å²) in [6.45, 7) is 2.59. The zero-order valence-electron chi connectivity index (χ0n) is 11.3. The van der Waals surface area contributed by atoms with Gasteiger partial charge in [-0.2, -0.15) is 0 Å². The summed E-state index contributed by atoms with van der Waals surface area (Å²) in [6.07, 6.45) is 2.26. The topological polar surface area (TPSA) is 24.9 Å². The fraction of sp³-hybridized carbons (Fsp3) is 0.267. The summed E-state index contributed by atoms with van der Waals surface area (Å²) in [5, 5.41) is 3.83. The molecule has 0 aliphatic carbocycles. The molecule has 0 aliphatic heterocycles. The zero-order valence-corrected chi connectivity index (χ0v) is 12.8. The van der Waals surface area contributed by atoms with Gasteiger partial charge in [-0.15, -0.1) is 0 Å². The molecule has 112 valence electrons. The van der Waals surface area contributed by atoms with E-state index in [2.05, 4.69) is 10.3 Å². The molecule has 1 unspecified atom stereocenters. The second-order valence-electron chi connectivity index (χ2n) is 4.57. The van der Waals surface area contributed by atoms with E-state index in [9.17, 15) is 8.78 Å². The number of pyridine rings is 1. The van der Waals surface area contributed by atoms with Crippen molar-refractivity contribution in [2.24, 2.45) is 0 Å². The predicted octanol–water partition coefficient (Wildman–Crippen LogP) is 4.76. The quantitative estimate of drug-likeness (QED) is 0.855. The van der Waals surface area contributed by atoms with E-state index in [-0.39, 0.29) is 5.56 Å². The van der Waals surface area contributed by atoms with Gasteiger partial charge >= 0.3 is 0 Å². The van der Waals surface area contributed by atoms with Crippen LogP contribution in [0.15, 0.2) is 30.5 Å². The molecule has 0 radical (unpaired) electrons. The predicted molar refractivity (Wildman–Crippen MR) is 80.8 cm³/mol. The Kier molecular flexibility index (Phi) is 5.51. The molecule has 6 heteroatoms. The number of nitrogens with zero attached hydrogens (tertiary/aromatic N) is 1. The van der Waals surface area contributed by atoms with Crippen LogP contribution in [-0.2, 0) is 0 Å². The third kappa shape index (κ3) is 3.90. The number of hydrogen-bond donors (Lipinski definition) is 1. The van der Waals surface area contributed by atoms with Crippen molar-refractivity contribution in [3.8, 4) is 0 Å². The van der Waals surface area contributed by atoms with Crippen LogP contribution in [0.4, 0.5) is 8.78 Å². The van der Waals surface area contributed by atoms with Crippen LogP contribution in [0, 0.1) is 11.6 Å². The maximum absolute atomic E-state index is 14.0. The molecule has 1 aromatic carbocycles. The maximum Gasteiger partial charge on any atom is 0.128 e. The number of aromatic nitrogens is 1. The van der Waals surface area contributed by atoms with Gasteiger partial charge in [0.1, 0.15) is 11.6 Å². The van der Waals surface area contributed by atoms with E-state index in [0.29, 0.717) is 22.3 Å². The van der Waals surface area contributed by atoms with Gasteiger partial charge in [-0.1, -0.05) is 30.1 Å². The van der Waals surface area contributed by atoms with Crippen LogP contribution in [0.25, 0.3) is 0 Å². The Morgan fingerprint density at radius 3 is 2.67 bits per heavy atom. The molecular weight excluding hydrogens is 317 g/mol. The first-order chi connectivity index (χ1) is 10.0. The first-order valence-corrected chi connectivity index (χ1v) is 7.27. The number of hydrogen-bond acceptors (Lipinski definition) is 2. The molecule has 0 saturated heterocycles. The molecule has 0 fully saturated rings. The van der Waals surface area contributed by atoms with E-state index in [1.807, 2.05) is 6.92 Å². The molecule has 2 nitrogen and oxygen atoms in total. The van der Waals surface area contributed by atoms with E-state index in [1.165, 1.54) is 12.3 Å². The van der Waals surface area contributed by atoms with Crippen molar-refractivity contribution in [1.82, 2.24) is 10.3 Å². The van der Waals surface area contributed by atoms with Crippen molar-refractivity contribution >= 4 is 23.2 Å². The van der Waals surface area contributed by atoms with E-state index in [4.69, 9.17) is 23.2 Å². The van der Waals surface area contributed by atoms with Crippen LogP contribution in [0.1, 0.15) is 30.6 Å². The van der Waals surface area contributed by atoms with Gasteiger partial charge in [-0.05, 0) is 37.2 Å². The first kappa shape index (κ1) is 16.1. The number of benzene rings is 1.